The maximum Gasteiger partial charge on any atom is 0.0104 e. The van der Waals surface area contributed by atoms with Crippen molar-refractivity contribution in [2.75, 3.05) is 0 Å². The molecule has 0 N–H and O–H groups in total. The highest BCUT2D eigenvalue weighted by molar-refractivity contribution is 5.08. The molecule has 6 nitrogen and oxygen atoms in total. The highest BCUT2D eigenvalue weighted by Crippen LogP contribution is 2.60. The van der Waals surface area contributed by atoms with E-state index in [1.165, 1.54) is 257 Å². The number of rotatable bonds is 26. The summed E-state index contributed by atoms with van der Waals surface area (Å²) in [5.74, 6) is 26.6. The van der Waals surface area contributed by atoms with Gasteiger partial charge in [-0.2, -0.15) is 0 Å². The highest BCUT2D eigenvalue weighted by Gasteiger charge is 2.54. The fraction of sp³-hybridized carbons (Fsp3) is 1.00. The Morgan fingerprint density at radius 2 is 0.169 bits per heavy atom. The Hall–Kier alpha value is -0.240. The Bertz CT molecular complexity index is 2930. The van der Waals surface area contributed by atoms with E-state index in [1.54, 1.807) is 244 Å². The molecule has 4 atom stereocenters. The third kappa shape index (κ3) is 23.3. The van der Waals surface area contributed by atoms with Gasteiger partial charge in [0.1, 0.15) is 0 Å². The predicted octanol–water partition coefficient (Wildman–Crippen LogP) is 34.3. The zero-order valence-corrected chi connectivity index (χ0v) is 91.2. The molecule has 136 heavy (non-hydrogen) atoms. The molecule has 4 unspecified atom stereocenters. The van der Waals surface area contributed by atoms with E-state index in [2.05, 4.69) is 84.8 Å². The quantitative estimate of drug-likeness (QED) is 0.0854. The van der Waals surface area contributed by atoms with E-state index in [0.717, 1.165) is 263 Å². The van der Waals surface area contributed by atoms with Crippen molar-refractivity contribution in [3.05, 3.63) is 0 Å². The molecule has 0 saturated heterocycles. The lowest BCUT2D eigenvalue weighted by Gasteiger charge is -2.56. The summed E-state index contributed by atoms with van der Waals surface area (Å²) in [4.78, 5) is 20.2. The largest absolute Gasteiger partial charge is 0.294 e. The average Bonchev–Trinajstić information content (AvgIpc) is 0.776. The first kappa shape index (κ1) is 100. The second-order valence-corrected chi connectivity index (χ2v) is 59.0. The van der Waals surface area contributed by atoms with Crippen LogP contribution >= 0.6 is 0 Å². The second kappa shape index (κ2) is 46.5. The molecule has 0 radical (unpaired) electrons. The van der Waals surface area contributed by atoms with E-state index >= 15 is 0 Å². The summed E-state index contributed by atoms with van der Waals surface area (Å²) in [5.41, 5.74) is 0. The van der Waals surface area contributed by atoms with Crippen LogP contribution in [0.15, 0.2) is 0 Å². The van der Waals surface area contributed by atoms with Gasteiger partial charge in [-0.05, 0) is 655 Å². The standard InChI is InChI=1S/C130H224N6/c1-87-9-43-113(44-10-87)131(114-45-11-88(2)12-46-114)121-59-25-95(26-60-121)105-77-109(78-105)99-33-67-125(68-34-99)135(126-69-35-100(36-70-126)110-79-106(80-110)96-27-61-122(62-28-96)132(115-47-13-89(3)14-48-115)116-49-15-90(4)16-50-116)129-75-41-104-86-130(76-42-103(104)85-129)136(127-71-37-101(38-72-127)111-81-107(82-111)97-29-63-123(64-30-97)133(117-51-17-91(5)18-52-117)118-53-19-92(6)20-54-118)128-73-39-102(40-74-128)112-83-108(84-112)98-31-65-124(66-32-98)134(119-55-21-93(7)22-56-119)120-57-23-94(8)24-58-120/h87-130H,9-86H2,1-8H3. The monoisotopic (exact) mass is 1870 g/mol. The first-order valence-electron chi connectivity index (χ1n) is 65.2. The third-order valence-electron chi connectivity index (χ3n) is 51.1. The number of fused-ring (bicyclic) bond motifs is 1. The Morgan fingerprint density at radius 1 is 0.0809 bits per heavy atom. The molecule has 0 spiro atoms. The summed E-state index contributed by atoms with van der Waals surface area (Å²) in [5, 5.41) is 0. The van der Waals surface area contributed by atoms with Crippen LogP contribution in [0.3, 0.4) is 0 Å². The number of hydrogen-bond donors (Lipinski definition) is 0. The predicted molar refractivity (Wildman–Crippen MR) is 575 cm³/mol. The van der Waals surface area contributed by atoms with E-state index in [0.29, 0.717) is 0 Å². The Balaban J connectivity index is 0.439. The minimum atomic E-state index is 0.877. The van der Waals surface area contributed by atoms with Crippen LogP contribution in [0, 0.1) is 154 Å². The van der Waals surface area contributed by atoms with Gasteiger partial charge in [-0.3, -0.25) is 29.4 Å². The molecule has 22 rings (SSSR count). The molecule has 22 fully saturated rings. The molecular weight excluding hydrogens is 1650 g/mol. The van der Waals surface area contributed by atoms with Crippen LogP contribution in [-0.4, -0.2) is 138 Å². The van der Waals surface area contributed by atoms with Crippen LogP contribution in [-0.2, 0) is 0 Å². The lowest BCUT2D eigenvalue weighted by atomic mass is 9.58. The van der Waals surface area contributed by atoms with Gasteiger partial charge in [0.05, 0.1) is 0 Å². The normalized spacial score (nSPS) is 50.1. The van der Waals surface area contributed by atoms with Gasteiger partial charge in [0.2, 0.25) is 0 Å². The molecule has 0 heterocycles. The van der Waals surface area contributed by atoms with Crippen molar-refractivity contribution in [2.24, 2.45) is 154 Å². The first-order valence-corrected chi connectivity index (χ1v) is 65.2. The molecule has 0 aromatic carbocycles. The lowest BCUT2D eigenvalue weighted by molar-refractivity contribution is -0.0573. The molecule has 0 amide bonds. The van der Waals surface area contributed by atoms with Crippen molar-refractivity contribution in [1.29, 1.82) is 0 Å². The number of hydrogen-bond acceptors (Lipinski definition) is 6. The zero-order chi connectivity index (χ0) is 92.0. The summed E-state index contributed by atoms with van der Waals surface area (Å²) >= 11 is 0. The Labute approximate surface area is 842 Å². The van der Waals surface area contributed by atoms with Gasteiger partial charge in [-0.1, -0.05) is 55.4 Å². The summed E-state index contributed by atoms with van der Waals surface area (Å²) in [7, 11) is 0. The number of nitrogens with zero attached hydrogens (tertiary/aromatic N) is 6. The molecule has 0 aliphatic heterocycles. The van der Waals surface area contributed by atoms with Crippen molar-refractivity contribution < 1.29 is 0 Å². The van der Waals surface area contributed by atoms with E-state index in [-0.39, 0.29) is 0 Å². The van der Waals surface area contributed by atoms with Crippen LogP contribution in [0.2, 0.25) is 0 Å². The fourth-order valence-corrected chi connectivity index (χ4v) is 42.0. The van der Waals surface area contributed by atoms with Crippen molar-refractivity contribution in [1.82, 2.24) is 29.4 Å². The SMILES string of the molecule is CC1CCC(N(C2CCC(C)CC2)C2CCC(C3CC(C4CCC(N(C5CCC(C6CC(C7CCC(N(C8CCC(C)CC8)C8CCC(C)CC8)CC7)C6)CC5)C5CCC6CC(N(C7CCC(C8CC(C9CCC(N(C%10CCC(C)CC%10)C%10CCC(C)CC%10)CC9)C8)CC7)C7CCC(C8CC(C9CCC(N(C%10CCC(C)CC%10)C%10CCC(C)CC%10)CC9)C8)CC7)CCC6C5)CC4)C3)CC2)CC1. The highest BCUT2D eigenvalue weighted by atomic mass is 15.3. The molecule has 6 heteroatoms. The van der Waals surface area contributed by atoms with E-state index < -0.39 is 0 Å². The molecule has 774 valence electrons. The van der Waals surface area contributed by atoms with Gasteiger partial charge in [-0.15, -0.1) is 0 Å². The lowest BCUT2D eigenvalue weighted by Crippen LogP contribution is -2.57. The molecule has 22 aliphatic carbocycles. The Kier molecular flexibility index (Phi) is 34.3. The van der Waals surface area contributed by atoms with Crippen molar-refractivity contribution in [2.45, 2.75) is 665 Å². The minimum absolute atomic E-state index is 0.877. The van der Waals surface area contributed by atoms with E-state index in [1.807, 2.05) is 0 Å². The van der Waals surface area contributed by atoms with Crippen molar-refractivity contribution >= 4 is 0 Å². The third-order valence-corrected chi connectivity index (χ3v) is 51.1. The summed E-state index contributed by atoms with van der Waals surface area (Å²) in [6.07, 6.45) is 120. The molecule has 0 aromatic heterocycles. The van der Waals surface area contributed by atoms with Gasteiger partial charge in [0, 0.05) is 109 Å². The summed E-state index contributed by atoms with van der Waals surface area (Å²) in [6.45, 7) is 20.5. The van der Waals surface area contributed by atoms with Gasteiger partial charge in [0.25, 0.3) is 0 Å². The molecule has 22 aliphatic rings. The van der Waals surface area contributed by atoms with Crippen LogP contribution < -0.4 is 0 Å². The van der Waals surface area contributed by atoms with E-state index in [9.17, 15) is 0 Å². The molecule has 22 saturated carbocycles. The van der Waals surface area contributed by atoms with Crippen LogP contribution in [0.1, 0.15) is 556 Å². The van der Waals surface area contributed by atoms with Crippen LogP contribution in [0.25, 0.3) is 0 Å². The van der Waals surface area contributed by atoms with Gasteiger partial charge in [-0.25, -0.2) is 0 Å². The van der Waals surface area contributed by atoms with E-state index in [4.69, 9.17) is 0 Å². The molecule has 0 aromatic rings. The smallest absolute Gasteiger partial charge is 0.0104 e. The maximum atomic E-state index is 3.52. The molecule has 0 bridgehead atoms. The van der Waals surface area contributed by atoms with Gasteiger partial charge >= 0.3 is 0 Å². The van der Waals surface area contributed by atoms with Crippen LogP contribution in [0.5, 0.6) is 0 Å². The summed E-state index contributed by atoms with van der Waals surface area (Å²) in [6, 6.07) is 16.1. The first-order chi connectivity index (χ1) is 66.5. The van der Waals surface area contributed by atoms with Crippen molar-refractivity contribution in [3.63, 3.8) is 0 Å². The maximum absolute atomic E-state index is 3.52. The van der Waals surface area contributed by atoms with Gasteiger partial charge < -0.3 is 0 Å². The Morgan fingerprint density at radius 3 is 0.287 bits per heavy atom. The van der Waals surface area contributed by atoms with Crippen LogP contribution in [0.4, 0.5) is 0 Å². The fourth-order valence-electron chi connectivity index (χ4n) is 42.0. The average molecular weight is 1870 g/mol. The summed E-state index contributed by atoms with van der Waals surface area (Å²) < 4.78 is 0. The zero-order valence-electron chi connectivity index (χ0n) is 91.2. The van der Waals surface area contributed by atoms with Crippen molar-refractivity contribution in [3.8, 4) is 0 Å². The topological polar surface area (TPSA) is 19.4 Å². The van der Waals surface area contributed by atoms with Gasteiger partial charge in [0.15, 0.2) is 0 Å². The molecular formula is C130H224N6. The minimum Gasteiger partial charge on any atom is -0.294 e. The second-order valence-electron chi connectivity index (χ2n) is 59.0.